The molecule has 0 N–H and O–H groups in total. The molecule has 0 heterocycles. The third-order valence-electron chi connectivity index (χ3n) is 4.69. The first kappa shape index (κ1) is 24.1. The van der Waals surface area contributed by atoms with Crippen LogP contribution in [0.3, 0.4) is 0 Å². The quantitative estimate of drug-likeness (QED) is 0.161. The summed E-state index contributed by atoms with van der Waals surface area (Å²) in [7, 11) is 0. The number of hydrogen-bond acceptors (Lipinski definition) is 4. The minimum atomic E-state index is -0.533. The number of rotatable bonds is 9. The van der Waals surface area contributed by atoms with E-state index in [1.54, 1.807) is 48.6 Å². The largest absolute Gasteiger partial charge is 0.458 e. The standard InChI is InChI=1S/C29H23FO4/c1-3-28(31)33-20-24-9-5-7-21(17-24)13-15-25-16-14-23(19-27(25)30)12-11-22-8-6-10-26(18-22)34-29(32)4-2/h3-19H,1-2,20H2/b12-11+,15-13+. The third kappa shape index (κ3) is 7.28. The van der Waals surface area contributed by atoms with Crippen molar-refractivity contribution in [1.82, 2.24) is 0 Å². The van der Waals surface area contributed by atoms with Gasteiger partial charge in [0, 0.05) is 17.7 Å². The molecule has 0 amide bonds. The summed E-state index contributed by atoms with van der Waals surface area (Å²) in [5.41, 5.74) is 3.61. The molecule has 0 unspecified atom stereocenters. The van der Waals surface area contributed by atoms with Crippen LogP contribution in [0.4, 0.5) is 4.39 Å². The topological polar surface area (TPSA) is 52.6 Å². The summed E-state index contributed by atoms with van der Waals surface area (Å²) in [5, 5.41) is 0. The van der Waals surface area contributed by atoms with E-state index in [1.807, 2.05) is 36.4 Å². The zero-order chi connectivity index (χ0) is 24.3. The van der Waals surface area contributed by atoms with Crippen molar-refractivity contribution in [3.8, 4) is 5.75 Å². The van der Waals surface area contributed by atoms with Gasteiger partial charge in [0.1, 0.15) is 18.2 Å². The van der Waals surface area contributed by atoms with Gasteiger partial charge in [-0.1, -0.05) is 79.9 Å². The summed E-state index contributed by atoms with van der Waals surface area (Å²) >= 11 is 0. The Labute approximate surface area is 198 Å². The van der Waals surface area contributed by atoms with Gasteiger partial charge in [-0.15, -0.1) is 0 Å². The van der Waals surface area contributed by atoms with Crippen molar-refractivity contribution in [2.75, 3.05) is 0 Å². The van der Waals surface area contributed by atoms with E-state index in [0.717, 1.165) is 28.8 Å². The summed E-state index contributed by atoms with van der Waals surface area (Å²) in [6.07, 6.45) is 9.28. The molecule has 3 aromatic carbocycles. The van der Waals surface area contributed by atoms with E-state index in [2.05, 4.69) is 13.2 Å². The molecular weight excluding hydrogens is 431 g/mol. The number of halogens is 1. The molecule has 170 valence electrons. The first-order chi connectivity index (χ1) is 16.5. The van der Waals surface area contributed by atoms with Crippen molar-refractivity contribution in [2.45, 2.75) is 6.61 Å². The van der Waals surface area contributed by atoms with E-state index < -0.39 is 11.9 Å². The normalized spacial score (nSPS) is 10.9. The minimum absolute atomic E-state index is 0.140. The predicted molar refractivity (Wildman–Crippen MR) is 133 cm³/mol. The monoisotopic (exact) mass is 454 g/mol. The Balaban J connectivity index is 1.67. The molecule has 4 nitrogen and oxygen atoms in total. The Morgan fingerprint density at radius 1 is 0.765 bits per heavy atom. The van der Waals surface area contributed by atoms with Gasteiger partial charge in [0.05, 0.1) is 0 Å². The highest BCUT2D eigenvalue weighted by Gasteiger charge is 2.02. The fraction of sp³-hybridized carbons (Fsp3) is 0.0345. The summed E-state index contributed by atoms with van der Waals surface area (Å²) in [4.78, 5) is 22.6. The molecule has 0 saturated carbocycles. The highest BCUT2D eigenvalue weighted by atomic mass is 19.1. The molecule has 0 aliphatic rings. The van der Waals surface area contributed by atoms with E-state index in [4.69, 9.17) is 9.47 Å². The van der Waals surface area contributed by atoms with Crippen LogP contribution in [0, 0.1) is 5.82 Å². The average molecular weight is 454 g/mol. The smallest absolute Gasteiger partial charge is 0.335 e. The first-order valence-electron chi connectivity index (χ1n) is 10.4. The molecule has 0 radical (unpaired) electrons. The van der Waals surface area contributed by atoms with Crippen LogP contribution in [0.25, 0.3) is 24.3 Å². The Hall–Kier alpha value is -4.51. The maximum absolute atomic E-state index is 14.6. The predicted octanol–water partition coefficient (Wildman–Crippen LogP) is 6.49. The lowest BCUT2D eigenvalue weighted by molar-refractivity contribution is -0.139. The molecule has 0 bridgehead atoms. The molecule has 0 aliphatic heterocycles. The zero-order valence-electron chi connectivity index (χ0n) is 18.4. The second kappa shape index (κ2) is 11.9. The van der Waals surface area contributed by atoms with Gasteiger partial charge in [0.25, 0.3) is 0 Å². The molecule has 3 aromatic rings. The van der Waals surface area contributed by atoms with E-state index >= 15 is 0 Å². The van der Waals surface area contributed by atoms with Gasteiger partial charge in [-0.3, -0.25) is 0 Å². The van der Waals surface area contributed by atoms with Crippen molar-refractivity contribution < 1.29 is 23.5 Å². The molecule has 5 heteroatoms. The number of carbonyl (C=O) groups excluding carboxylic acids is 2. The van der Waals surface area contributed by atoms with Crippen molar-refractivity contribution in [3.63, 3.8) is 0 Å². The van der Waals surface area contributed by atoms with Crippen LogP contribution in [-0.2, 0) is 20.9 Å². The number of benzene rings is 3. The molecule has 34 heavy (non-hydrogen) atoms. The van der Waals surface area contributed by atoms with Gasteiger partial charge in [-0.2, -0.15) is 0 Å². The Kier molecular flexibility index (Phi) is 8.47. The fourth-order valence-electron chi connectivity index (χ4n) is 3.00. The highest BCUT2D eigenvalue weighted by molar-refractivity contribution is 5.83. The van der Waals surface area contributed by atoms with E-state index in [0.29, 0.717) is 16.9 Å². The van der Waals surface area contributed by atoms with Crippen LogP contribution < -0.4 is 4.74 Å². The zero-order valence-corrected chi connectivity index (χ0v) is 18.4. The van der Waals surface area contributed by atoms with Crippen molar-refractivity contribution >= 4 is 36.2 Å². The van der Waals surface area contributed by atoms with Crippen molar-refractivity contribution in [1.29, 1.82) is 0 Å². The van der Waals surface area contributed by atoms with Gasteiger partial charge >= 0.3 is 11.9 Å². The van der Waals surface area contributed by atoms with Gasteiger partial charge < -0.3 is 9.47 Å². The summed E-state index contributed by atoms with van der Waals surface area (Å²) < 4.78 is 24.8. The summed E-state index contributed by atoms with van der Waals surface area (Å²) in [6.45, 7) is 6.88. The molecule has 3 rings (SSSR count). The lowest BCUT2D eigenvalue weighted by atomic mass is 10.1. The third-order valence-corrected chi connectivity index (χ3v) is 4.69. The summed E-state index contributed by atoms with van der Waals surface area (Å²) in [5.74, 6) is -0.972. The fourth-order valence-corrected chi connectivity index (χ4v) is 3.00. The molecule has 0 spiro atoms. The second-order valence-electron chi connectivity index (χ2n) is 7.20. The Bertz CT molecular complexity index is 1270. The van der Waals surface area contributed by atoms with Gasteiger partial charge in [-0.05, 0) is 46.5 Å². The van der Waals surface area contributed by atoms with E-state index in [-0.39, 0.29) is 12.4 Å². The van der Waals surface area contributed by atoms with Gasteiger partial charge in [-0.25, -0.2) is 14.0 Å². The number of carbonyl (C=O) groups is 2. The van der Waals surface area contributed by atoms with Crippen LogP contribution in [0.5, 0.6) is 5.75 Å². The van der Waals surface area contributed by atoms with E-state index in [9.17, 15) is 14.0 Å². The average Bonchev–Trinajstić information content (AvgIpc) is 2.85. The summed E-state index contributed by atoms with van der Waals surface area (Å²) in [6, 6.07) is 19.4. The lowest BCUT2D eigenvalue weighted by Gasteiger charge is -2.04. The lowest BCUT2D eigenvalue weighted by Crippen LogP contribution is -2.02. The van der Waals surface area contributed by atoms with Crippen molar-refractivity contribution in [3.05, 3.63) is 126 Å². The van der Waals surface area contributed by atoms with Crippen LogP contribution in [0.2, 0.25) is 0 Å². The SMILES string of the molecule is C=CC(=O)OCc1cccc(/C=C/c2ccc(/C=C/c3cccc(OC(=O)C=C)c3)cc2F)c1. The van der Waals surface area contributed by atoms with Crippen LogP contribution in [-0.4, -0.2) is 11.9 Å². The first-order valence-corrected chi connectivity index (χ1v) is 10.4. The molecule has 0 atom stereocenters. The Morgan fingerprint density at radius 3 is 2.12 bits per heavy atom. The van der Waals surface area contributed by atoms with Crippen LogP contribution in [0.15, 0.2) is 92.0 Å². The number of esters is 2. The van der Waals surface area contributed by atoms with E-state index in [1.165, 1.54) is 6.07 Å². The molecule has 0 aromatic heterocycles. The van der Waals surface area contributed by atoms with Gasteiger partial charge in [0.2, 0.25) is 0 Å². The van der Waals surface area contributed by atoms with Crippen molar-refractivity contribution in [2.24, 2.45) is 0 Å². The molecular formula is C29H23FO4. The van der Waals surface area contributed by atoms with Crippen LogP contribution >= 0.6 is 0 Å². The Morgan fingerprint density at radius 2 is 1.41 bits per heavy atom. The maximum Gasteiger partial charge on any atom is 0.335 e. The highest BCUT2D eigenvalue weighted by Crippen LogP contribution is 2.19. The van der Waals surface area contributed by atoms with Crippen LogP contribution in [0.1, 0.15) is 27.8 Å². The maximum atomic E-state index is 14.6. The number of ether oxygens (including phenoxy) is 2. The second-order valence-corrected chi connectivity index (χ2v) is 7.20. The minimum Gasteiger partial charge on any atom is -0.458 e. The molecule has 0 aliphatic carbocycles. The number of hydrogen-bond donors (Lipinski definition) is 0. The molecule has 0 saturated heterocycles. The van der Waals surface area contributed by atoms with Gasteiger partial charge in [0.15, 0.2) is 0 Å². The molecule has 0 fully saturated rings.